The average Bonchev–Trinajstić information content (AvgIpc) is 3.26. The summed E-state index contributed by atoms with van der Waals surface area (Å²) < 4.78 is 44.1. The summed E-state index contributed by atoms with van der Waals surface area (Å²) in [6.45, 7) is 3.24. The molecule has 1 aromatic carbocycles. The number of aryl methyl sites for hydroxylation is 1. The number of nitrogens with one attached hydrogen (secondary N) is 1. The van der Waals surface area contributed by atoms with E-state index in [4.69, 9.17) is 4.74 Å². The van der Waals surface area contributed by atoms with E-state index < -0.39 is 17.5 Å². The van der Waals surface area contributed by atoms with E-state index in [1.807, 2.05) is 13.0 Å². The number of benzene rings is 1. The van der Waals surface area contributed by atoms with Crippen LogP contribution in [0.5, 0.6) is 0 Å². The number of nitrogens with zero attached hydrogens (tertiary/aromatic N) is 3. The van der Waals surface area contributed by atoms with Crippen molar-refractivity contribution in [1.82, 2.24) is 15.0 Å². The fourth-order valence-corrected chi connectivity index (χ4v) is 5.01. The number of carbonyl (C=O) groups is 1. The van der Waals surface area contributed by atoms with Crippen molar-refractivity contribution in [2.75, 3.05) is 5.32 Å². The predicted octanol–water partition coefficient (Wildman–Crippen LogP) is 5.36. The molecule has 0 atom stereocenters. The molecule has 0 saturated heterocycles. The van der Waals surface area contributed by atoms with Gasteiger partial charge >= 0.3 is 12.1 Å². The molecule has 11 heteroatoms. The Kier molecular flexibility index (Phi) is 6.59. The number of aliphatic hydroxyl groups is 1. The molecule has 1 aliphatic carbocycles. The third kappa shape index (κ3) is 5.53. The number of hydrogen-bond donors (Lipinski definition) is 2. The monoisotopic (exact) mass is 492 g/mol. The molecule has 0 amide bonds. The number of aromatic nitrogens is 3. The van der Waals surface area contributed by atoms with Crippen LogP contribution in [0.15, 0.2) is 36.7 Å². The second-order valence-corrected chi connectivity index (χ2v) is 9.38. The number of ether oxygens (including phenoxy) is 1. The van der Waals surface area contributed by atoms with Crippen molar-refractivity contribution in [3.8, 4) is 10.4 Å². The van der Waals surface area contributed by atoms with Gasteiger partial charge < -0.3 is 15.2 Å². The Hall–Kier alpha value is -3.05. The summed E-state index contributed by atoms with van der Waals surface area (Å²) in [5, 5.41) is 14.6. The van der Waals surface area contributed by atoms with Crippen molar-refractivity contribution < 1.29 is 27.8 Å². The summed E-state index contributed by atoms with van der Waals surface area (Å²) in [6, 6.07) is 6.29. The van der Waals surface area contributed by atoms with E-state index in [0.29, 0.717) is 36.4 Å². The Labute approximate surface area is 198 Å². The molecule has 0 bridgehead atoms. The van der Waals surface area contributed by atoms with Gasteiger partial charge in [-0.3, -0.25) is 4.79 Å². The zero-order valence-electron chi connectivity index (χ0n) is 18.5. The number of esters is 1. The van der Waals surface area contributed by atoms with Gasteiger partial charge in [0.05, 0.1) is 4.88 Å². The second kappa shape index (κ2) is 9.30. The van der Waals surface area contributed by atoms with Crippen molar-refractivity contribution in [1.29, 1.82) is 0 Å². The lowest BCUT2D eigenvalue weighted by Crippen LogP contribution is -2.34. The Morgan fingerprint density at radius 3 is 2.65 bits per heavy atom. The third-order valence-corrected chi connectivity index (χ3v) is 6.80. The van der Waals surface area contributed by atoms with Crippen LogP contribution in [-0.2, 0) is 21.3 Å². The maximum Gasteiger partial charge on any atom is 0.433 e. The molecule has 1 fully saturated rings. The number of alkyl halides is 3. The smallest absolute Gasteiger partial charge is 0.433 e. The molecule has 0 unspecified atom stereocenters. The van der Waals surface area contributed by atoms with Gasteiger partial charge in [0.25, 0.3) is 0 Å². The van der Waals surface area contributed by atoms with Gasteiger partial charge in [0.2, 0.25) is 5.95 Å². The highest BCUT2D eigenvalue weighted by Crippen LogP contribution is 2.42. The van der Waals surface area contributed by atoms with Crippen molar-refractivity contribution in [2.45, 2.75) is 57.4 Å². The van der Waals surface area contributed by atoms with E-state index in [2.05, 4.69) is 20.3 Å². The van der Waals surface area contributed by atoms with Crippen LogP contribution in [0.4, 0.5) is 24.8 Å². The zero-order chi connectivity index (χ0) is 24.5. The minimum absolute atomic E-state index is 0.157. The van der Waals surface area contributed by atoms with Crippen LogP contribution in [0.1, 0.15) is 48.9 Å². The first-order valence-corrected chi connectivity index (χ1v) is 11.5. The van der Waals surface area contributed by atoms with Crippen molar-refractivity contribution in [3.05, 3.63) is 52.9 Å². The molecule has 0 aliphatic heterocycles. The SMILES string of the molecule is CC(=O)OC1CCC(O)(c2ncc(-c3cc(C)cc(Nc4nccc(C(F)(F)F)n4)c3)s2)CC1. The quantitative estimate of drug-likeness (QED) is 0.463. The Balaban J connectivity index is 1.53. The van der Waals surface area contributed by atoms with Gasteiger partial charge in [-0.25, -0.2) is 15.0 Å². The normalized spacial score (nSPS) is 20.7. The maximum atomic E-state index is 13.0. The Bertz CT molecular complexity index is 1190. The van der Waals surface area contributed by atoms with Crippen molar-refractivity contribution in [3.63, 3.8) is 0 Å². The van der Waals surface area contributed by atoms with Gasteiger partial charge in [0.15, 0.2) is 0 Å². The van der Waals surface area contributed by atoms with Gasteiger partial charge in [-0.15, -0.1) is 11.3 Å². The van der Waals surface area contributed by atoms with E-state index in [1.165, 1.54) is 18.3 Å². The van der Waals surface area contributed by atoms with E-state index >= 15 is 0 Å². The Morgan fingerprint density at radius 1 is 1.24 bits per heavy atom. The average molecular weight is 493 g/mol. The highest BCUT2D eigenvalue weighted by molar-refractivity contribution is 7.15. The molecule has 0 radical (unpaired) electrons. The lowest BCUT2D eigenvalue weighted by molar-refractivity contribution is -0.151. The van der Waals surface area contributed by atoms with Gasteiger partial charge in [-0.1, -0.05) is 6.07 Å². The summed E-state index contributed by atoms with van der Waals surface area (Å²) in [5.41, 5.74) is 0.0977. The molecule has 4 rings (SSSR count). The molecular formula is C23H23F3N4O3S. The summed E-state index contributed by atoms with van der Waals surface area (Å²) in [4.78, 5) is 23.9. The van der Waals surface area contributed by atoms with Crippen LogP contribution in [0.2, 0.25) is 0 Å². The number of hydrogen-bond acceptors (Lipinski definition) is 8. The van der Waals surface area contributed by atoms with Crippen LogP contribution in [0.25, 0.3) is 10.4 Å². The van der Waals surface area contributed by atoms with E-state index in [0.717, 1.165) is 28.3 Å². The standard InChI is InChI=1S/C23H23F3N4O3S/c1-13-9-15(11-16(10-13)29-21-27-8-5-19(30-21)23(24,25)26)18-12-28-20(34-18)22(32)6-3-17(4-7-22)33-14(2)31/h5,8-12,17,32H,3-4,6-7H2,1-2H3,(H,27,29,30). The third-order valence-electron chi connectivity index (χ3n) is 5.56. The zero-order valence-corrected chi connectivity index (χ0v) is 19.3. The van der Waals surface area contributed by atoms with Crippen molar-refractivity contribution in [2.24, 2.45) is 0 Å². The van der Waals surface area contributed by atoms with Crippen LogP contribution in [0, 0.1) is 6.92 Å². The molecule has 2 heterocycles. The largest absolute Gasteiger partial charge is 0.463 e. The molecule has 3 aromatic rings. The molecule has 34 heavy (non-hydrogen) atoms. The van der Waals surface area contributed by atoms with Gasteiger partial charge in [0.1, 0.15) is 22.4 Å². The summed E-state index contributed by atoms with van der Waals surface area (Å²) in [6.07, 6.45) is -0.0388. The first-order valence-electron chi connectivity index (χ1n) is 10.7. The van der Waals surface area contributed by atoms with Crippen LogP contribution >= 0.6 is 11.3 Å². The molecular weight excluding hydrogens is 469 g/mol. The van der Waals surface area contributed by atoms with Gasteiger partial charge in [-0.05, 0) is 61.9 Å². The summed E-state index contributed by atoms with van der Waals surface area (Å²) in [5.74, 6) is -0.485. The van der Waals surface area contributed by atoms with E-state index in [9.17, 15) is 23.1 Å². The minimum atomic E-state index is -4.56. The molecule has 2 N–H and O–H groups in total. The van der Waals surface area contributed by atoms with Gasteiger partial charge in [-0.2, -0.15) is 13.2 Å². The van der Waals surface area contributed by atoms with Crippen molar-refractivity contribution >= 4 is 28.9 Å². The minimum Gasteiger partial charge on any atom is -0.463 e. The number of rotatable bonds is 5. The topological polar surface area (TPSA) is 97.2 Å². The second-order valence-electron chi connectivity index (χ2n) is 8.35. The lowest BCUT2D eigenvalue weighted by Gasteiger charge is -2.34. The van der Waals surface area contributed by atoms with E-state index in [1.54, 1.807) is 18.3 Å². The molecule has 2 aromatic heterocycles. The highest BCUT2D eigenvalue weighted by atomic mass is 32.1. The molecule has 1 aliphatic rings. The molecule has 1 saturated carbocycles. The van der Waals surface area contributed by atoms with Crippen LogP contribution < -0.4 is 5.32 Å². The number of thiazole rings is 1. The van der Waals surface area contributed by atoms with E-state index in [-0.39, 0.29) is 18.0 Å². The predicted molar refractivity (Wildman–Crippen MR) is 121 cm³/mol. The molecule has 7 nitrogen and oxygen atoms in total. The van der Waals surface area contributed by atoms with Crippen LogP contribution in [0.3, 0.4) is 0 Å². The first kappa shape index (κ1) is 24.1. The molecule has 0 spiro atoms. The lowest BCUT2D eigenvalue weighted by atomic mass is 9.84. The summed E-state index contributed by atoms with van der Waals surface area (Å²) >= 11 is 1.36. The number of carbonyl (C=O) groups excluding carboxylic acids is 1. The first-order chi connectivity index (χ1) is 16.0. The highest BCUT2D eigenvalue weighted by Gasteiger charge is 2.38. The fourth-order valence-electron chi connectivity index (χ4n) is 3.96. The number of halogens is 3. The maximum absolute atomic E-state index is 13.0. The van der Waals surface area contributed by atoms with Gasteiger partial charge in [0, 0.05) is 25.0 Å². The summed E-state index contributed by atoms with van der Waals surface area (Å²) in [7, 11) is 0. The Morgan fingerprint density at radius 2 is 1.97 bits per heavy atom. The number of anilines is 2. The van der Waals surface area contributed by atoms with Crippen LogP contribution in [-0.4, -0.2) is 32.1 Å². The molecule has 180 valence electrons. The fraction of sp³-hybridized carbons (Fsp3) is 0.391.